The SMILES string of the molecule is N#CC(C(=O)c1ccc(Br)s1)c1cccc(Br)c1. The minimum atomic E-state index is -0.756. The number of benzene rings is 1. The maximum Gasteiger partial charge on any atom is 0.194 e. The van der Waals surface area contributed by atoms with Gasteiger partial charge in [-0.2, -0.15) is 5.26 Å². The van der Waals surface area contributed by atoms with Crippen LogP contribution in [0.15, 0.2) is 44.7 Å². The first-order chi connectivity index (χ1) is 8.61. The summed E-state index contributed by atoms with van der Waals surface area (Å²) in [6.45, 7) is 0. The van der Waals surface area contributed by atoms with Gasteiger partial charge in [0.25, 0.3) is 0 Å². The van der Waals surface area contributed by atoms with Gasteiger partial charge in [0.05, 0.1) is 14.7 Å². The normalized spacial score (nSPS) is 11.8. The third-order valence-electron chi connectivity index (χ3n) is 2.39. The Balaban J connectivity index is 2.35. The molecule has 90 valence electrons. The predicted octanol–water partition coefficient (Wildman–Crippen LogP) is 4.76. The molecule has 0 bridgehead atoms. The molecule has 0 aliphatic carbocycles. The van der Waals surface area contributed by atoms with E-state index in [1.165, 1.54) is 11.3 Å². The van der Waals surface area contributed by atoms with Crippen molar-refractivity contribution in [3.05, 3.63) is 55.1 Å². The number of Topliss-reactive ketones (excluding diaryl/α,β-unsaturated/α-hetero) is 1. The van der Waals surface area contributed by atoms with E-state index in [1.54, 1.807) is 18.2 Å². The molecule has 2 nitrogen and oxygen atoms in total. The van der Waals surface area contributed by atoms with Crippen molar-refractivity contribution in [1.29, 1.82) is 5.26 Å². The molecule has 2 aromatic rings. The van der Waals surface area contributed by atoms with Crippen LogP contribution in [-0.4, -0.2) is 5.78 Å². The molecular weight excluding hydrogens is 378 g/mol. The average Bonchev–Trinajstić information content (AvgIpc) is 2.77. The van der Waals surface area contributed by atoms with Crippen LogP contribution in [-0.2, 0) is 0 Å². The van der Waals surface area contributed by atoms with Crippen LogP contribution in [0.5, 0.6) is 0 Å². The van der Waals surface area contributed by atoms with E-state index >= 15 is 0 Å². The number of carbonyl (C=O) groups excluding carboxylic acids is 1. The van der Waals surface area contributed by atoms with Gasteiger partial charge < -0.3 is 0 Å². The highest BCUT2D eigenvalue weighted by atomic mass is 79.9. The molecule has 0 aliphatic rings. The van der Waals surface area contributed by atoms with Crippen LogP contribution in [0, 0.1) is 11.3 Å². The van der Waals surface area contributed by atoms with Gasteiger partial charge in [0, 0.05) is 4.47 Å². The molecule has 1 heterocycles. The summed E-state index contributed by atoms with van der Waals surface area (Å²) in [4.78, 5) is 12.8. The molecule has 18 heavy (non-hydrogen) atoms. The van der Waals surface area contributed by atoms with E-state index in [0.29, 0.717) is 10.4 Å². The van der Waals surface area contributed by atoms with Gasteiger partial charge in [-0.3, -0.25) is 4.79 Å². The van der Waals surface area contributed by atoms with E-state index in [0.717, 1.165) is 8.26 Å². The van der Waals surface area contributed by atoms with Crippen LogP contribution in [0.3, 0.4) is 0 Å². The van der Waals surface area contributed by atoms with Crippen molar-refractivity contribution in [2.45, 2.75) is 5.92 Å². The van der Waals surface area contributed by atoms with Crippen molar-refractivity contribution in [2.75, 3.05) is 0 Å². The number of ketones is 1. The van der Waals surface area contributed by atoms with Gasteiger partial charge in [-0.25, -0.2) is 0 Å². The van der Waals surface area contributed by atoms with Gasteiger partial charge in [-0.15, -0.1) is 11.3 Å². The van der Waals surface area contributed by atoms with Crippen molar-refractivity contribution in [3.8, 4) is 6.07 Å². The predicted molar refractivity (Wildman–Crippen MR) is 78.8 cm³/mol. The topological polar surface area (TPSA) is 40.9 Å². The summed E-state index contributed by atoms with van der Waals surface area (Å²) in [5.41, 5.74) is 0.710. The molecule has 0 fully saturated rings. The number of hydrogen-bond acceptors (Lipinski definition) is 3. The fourth-order valence-electron chi connectivity index (χ4n) is 1.56. The highest BCUT2D eigenvalue weighted by Gasteiger charge is 2.23. The largest absolute Gasteiger partial charge is 0.291 e. The Labute approximate surface area is 126 Å². The van der Waals surface area contributed by atoms with Crippen molar-refractivity contribution in [3.63, 3.8) is 0 Å². The average molecular weight is 385 g/mol. The molecule has 1 aromatic carbocycles. The van der Waals surface area contributed by atoms with Gasteiger partial charge in [-0.1, -0.05) is 28.1 Å². The summed E-state index contributed by atoms with van der Waals surface area (Å²) in [6.07, 6.45) is 0. The summed E-state index contributed by atoms with van der Waals surface area (Å²) in [7, 11) is 0. The maximum absolute atomic E-state index is 12.3. The first-order valence-electron chi connectivity index (χ1n) is 5.06. The standard InChI is InChI=1S/C13H7Br2NOS/c14-9-3-1-2-8(6-9)10(7-16)13(17)11-4-5-12(15)18-11/h1-6,10H. The lowest BCUT2D eigenvalue weighted by Crippen LogP contribution is -2.09. The van der Waals surface area contributed by atoms with Crippen LogP contribution in [0.25, 0.3) is 0 Å². The lowest BCUT2D eigenvalue weighted by molar-refractivity contribution is 0.0983. The lowest BCUT2D eigenvalue weighted by atomic mass is 9.95. The van der Waals surface area contributed by atoms with E-state index in [4.69, 9.17) is 0 Å². The van der Waals surface area contributed by atoms with Crippen molar-refractivity contribution in [1.82, 2.24) is 0 Å². The highest BCUT2D eigenvalue weighted by molar-refractivity contribution is 9.11. The number of thiophene rings is 1. The molecule has 1 aromatic heterocycles. The number of nitriles is 1. The fourth-order valence-corrected chi connectivity index (χ4v) is 3.33. The van der Waals surface area contributed by atoms with Gasteiger partial charge in [0.2, 0.25) is 0 Å². The second kappa shape index (κ2) is 5.79. The molecule has 0 spiro atoms. The highest BCUT2D eigenvalue weighted by Crippen LogP contribution is 2.28. The van der Waals surface area contributed by atoms with Crippen LogP contribution in [0.1, 0.15) is 21.2 Å². The molecule has 0 amide bonds. The number of nitrogens with zero attached hydrogens (tertiary/aromatic N) is 1. The molecule has 0 aliphatic heterocycles. The summed E-state index contributed by atoms with van der Waals surface area (Å²) < 4.78 is 1.75. The number of halogens is 2. The number of carbonyl (C=O) groups is 1. The van der Waals surface area contributed by atoms with Crippen LogP contribution < -0.4 is 0 Å². The molecular formula is C13H7Br2NOS. The first kappa shape index (κ1) is 13.5. The van der Waals surface area contributed by atoms with Crippen molar-refractivity contribution < 1.29 is 4.79 Å². The maximum atomic E-state index is 12.3. The van der Waals surface area contributed by atoms with E-state index in [2.05, 4.69) is 37.9 Å². The Morgan fingerprint density at radius 1 is 1.28 bits per heavy atom. The lowest BCUT2D eigenvalue weighted by Gasteiger charge is -2.07. The Kier molecular flexibility index (Phi) is 4.33. The zero-order chi connectivity index (χ0) is 13.1. The monoisotopic (exact) mass is 383 g/mol. The van der Waals surface area contributed by atoms with E-state index in [-0.39, 0.29) is 5.78 Å². The molecule has 0 N–H and O–H groups in total. The Bertz CT molecular complexity index is 630. The summed E-state index contributed by atoms with van der Waals surface area (Å²) in [5.74, 6) is -0.917. The zero-order valence-corrected chi connectivity index (χ0v) is 13.0. The van der Waals surface area contributed by atoms with Gasteiger partial charge >= 0.3 is 0 Å². The van der Waals surface area contributed by atoms with Crippen LogP contribution >= 0.6 is 43.2 Å². The van der Waals surface area contributed by atoms with Gasteiger partial charge in [0.1, 0.15) is 5.92 Å². The first-order valence-corrected chi connectivity index (χ1v) is 7.46. The second-order valence-corrected chi connectivity index (χ2v) is 6.96. The van der Waals surface area contributed by atoms with Gasteiger partial charge in [0.15, 0.2) is 5.78 Å². The molecule has 1 unspecified atom stereocenters. The quantitative estimate of drug-likeness (QED) is 0.715. The molecule has 0 saturated heterocycles. The Morgan fingerprint density at radius 3 is 2.61 bits per heavy atom. The molecule has 0 radical (unpaired) electrons. The van der Waals surface area contributed by atoms with E-state index in [1.807, 2.05) is 18.2 Å². The third-order valence-corrected chi connectivity index (χ3v) is 4.52. The van der Waals surface area contributed by atoms with Crippen LogP contribution in [0.2, 0.25) is 0 Å². The van der Waals surface area contributed by atoms with Crippen LogP contribution in [0.4, 0.5) is 0 Å². The molecule has 5 heteroatoms. The smallest absolute Gasteiger partial charge is 0.194 e. The number of hydrogen-bond donors (Lipinski definition) is 0. The molecule has 0 saturated carbocycles. The summed E-state index contributed by atoms with van der Waals surface area (Å²) in [6, 6.07) is 12.9. The Hall–Kier alpha value is -0.960. The third kappa shape index (κ3) is 2.89. The fraction of sp³-hybridized carbons (Fsp3) is 0.0769. The van der Waals surface area contributed by atoms with Crippen molar-refractivity contribution >= 4 is 49.0 Å². The molecule has 2 rings (SSSR count). The summed E-state index contributed by atoms with van der Waals surface area (Å²) >= 11 is 8.00. The second-order valence-electron chi connectivity index (χ2n) is 3.59. The number of rotatable bonds is 3. The minimum absolute atomic E-state index is 0.161. The zero-order valence-electron chi connectivity index (χ0n) is 9.06. The van der Waals surface area contributed by atoms with E-state index < -0.39 is 5.92 Å². The Morgan fingerprint density at radius 2 is 2.06 bits per heavy atom. The van der Waals surface area contributed by atoms with Crippen molar-refractivity contribution in [2.24, 2.45) is 0 Å². The van der Waals surface area contributed by atoms with E-state index in [9.17, 15) is 10.1 Å². The molecule has 1 atom stereocenters. The summed E-state index contributed by atoms with van der Waals surface area (Å²) in [5, 5.41) is 9.22. The minimum Gasteiger partial charge on any atom is -0.291 e. The van der Waals surface area contributed by atoms with Gasteiger partial charge in [-0.05, 0) is 45.8 Å².